The van der Waals surface area contributed by atoms with Gasteiger partial charge in [0, 0.05) is 67.0 Å². The average molecular weight is 1520 g/mol. The summed E-state index contributed by atoms with van der Waals surface area (Å²) in [4.78, 5) is 4.74. The molecule has 0 saturated carbocycles. The molecule has 0 unspecified atom stereocenters. The maximum Gasteiger partial charge on any atom is 0.0542 e. The Balaban J connectivity index is 0.000000148. The van der Waals surface area contributed by atoms with Gasteiger partial charge < -0.3 is 18.9 Å². The van der Waals surface area contributed by atoms with Crippen LogP contribution in [0.25, 0.3) is 165 Å². The number of anilines is 6. The first-order chi connectivity index (χ1) is 58.8. The highest BCUT2D eigenvalue weighted by molar-refractivity contribution is 6.24. The van der Waals surface area contributed by atoms with Crippen molar-refractivity contribution in [1.29, 1.82) is 0 Å². The van der Waals surface area contributed by atoms with Crippen LogP contribution in [-0.2, 0) is 0 Å². The summed E-state index contributed by atoms with van der Waals surface area (Å²) < 4.78 is 4.83. The number of hydrogen-bond donors (Lipinski definition) is 0. The summed E-state index contributed by atoms with van der Waals surface area (Å²) in [5.41, 5.74) is 32.4. The second-order valence-corrected chi connectivity index (χ2v) is 31.2. The van der Waals surface area contributed by atoms with Gasteiger partial charge in [-0.2, -0.15) is 0 Å². The van der Waals surface area contributed by atoms with Crippen LogP contribution < -0.4 is 9.80 Å². The van der Waals surface area contributed by atoms with E-state index in [4.69, 9.17) is 0 Å². The molecule has 0 aliphatic heterocycles. The molecule has 119 heavy (non-hydrogen) atoms. The summed E-state index contributed by atoms with van der Waals surface area (Å²) in [5, 5.41) is 14.9. The lowest BCUT2D eigenvalue weighted by atomic mass is 9.84. The molecule has 0 fully saturated rings. The smallest absolute Gasteiger partial charge is 0.0542 e. The first kappa shape index (κ1) is 71.4. The van der Waals surface area contributed by atoms with Crippen LogP contribution >= 0.6 is 0 Å². The predicted octanol–water partition coefficient (Wildman–Crippen LogP) is 32.0. The van der Waals surface area contributed by atoms with Crippen molar-refractivity contribution in [3.05, 3.63) is 460 Å². The zero-order valence-corrected chi connectivity index (χ0v) is 66.4. The van der Waals surface area contributed by atoms with Gasteiger partial charge in [0.2, 0.25) is 0 Å². The Morgan fingerprint density at radius 2 is 0.529 bits per heavy atom. The van der Waals surface area contributed by atoms with Crippen LogP contribution in [0.2, 0.25) is 0 Å². The molecule has 0 amide bonds. The summed E-state index contributed by atoms with van der Waals surface area (Å²) in [6.45, 7) is 6.48. The van der Waals surface area contributed by atoms with E-state index in [1.54, 1.807) is 0 Å². The molecule has 20 aromatic carbocycles. The van der Waals surface area contributed by atoms with Crippen molar-refractivity contribution >= 4 is 121 Å². The summed E-state index contributed by atoms with van der Waals surface area (Å²) in [5.74, 6) is 0. The van der Waals surface area contributed by atoms with Crippen molar-refractivity contribution in [3.8, 4) is 78.1 Å². The predicted molar refractivity (Wildman–Crippen MR) is 508 cm³/mol. The highest BCUT2D eigenvalue weighted by atomic mass is 15.2. The van der Waals surface area contributed by atoms with E-state index in [2.05, 4.69) is 483 Å². The fourth-order valence-corrected chi connectivity index (χ4v) is 18.6. The van der Waals surface area contributed by atoms with E-state index in [1.165, 1.54) is 176 Å². The van der Waals surface area contributed by atoms with E-state index in [0.717, 1.165) is 39.8 Å². The van der Waals surface area contributed by atoms with E-state index in [1.807, 2.05) is 0 Å². The molecular formula is C115H82N4. The van der Waals surface area contributed by atoms with Gasteiger partial charge in [0.25, 0.3) is 0 Å². The van der Waals surface area contributed by atoms with Crippen LogP contribution in [0.5, 0.6) is 0 Å². The van der Waals surface area contributed by atoms with Crippen LogP contribution in [0.3, 0.4) is 0 Å². The van der Waals surface area contributed by atoms with Gasteiger partial charge in [-0.3, -0.25) is 0 Å². The van der Waals surface area contributed by atoms with Gasteiger partial charge in [-0.05, 0) is 263 Å². The molecule has 4 nitrogen and oxygen atoms in total. The van der Waals surface area contributed by atoms with E-state index >= 15 is 0 Å². The lowest BCUT2D eigenvalue weighted by Gasteiger charge is -2.27. The number of para-hydroxylation sites is 4. The summed E-state index contributed by atoms with van der Waals surface area (Å²) in [7, 11) is 0. The number of aryl methyl sites for hydroxylation is 3. The highest BCUT2D eigenvalue weighted by Gasteiger charge is 2.25. The number of aromatic nitrogens is 2. The zero-order chi connectivity index (χ0) is 79.4. The Labute approximate surface area is 693 Å². The van der Waals surface area contributed by atoms with Crippen molar-refractivity contribution in [2.75, 3.05) is 9.80 Å². The second-order valence-electron chi connectivity index (χ2n) is 31.2. The maximum atomic E-state index is 2.42. The molecule has 0 aliphatic rings. The number of benzene rings is 20. The van der Waals surface area contributed by atoms with Crippen LogP contribution in [-0.4, -0.2) is 9.13 Å². The van der Waals surface area contributed by atoms with Crippen LogP contribution in [0.15, 0.2) is 443 Å². The van der Waals surface area contributed by atoms with E-state index < -0.39 is 0 Å². The van der Waals surface area contributed by atoms with Crippen molar-refractivity contribution < 1.29 is 0 Å². The minimum absolute atomic E-state index is 1.13. The van der Waals surface area contributed by atoms with Gasteiger partial charge in [0.15, 0.2) is 0 Å². The number of nitrogens with zero attached hydrogens (tertiary/aromatic N) is 4. The van der Waals surface area contributed by atoms with Crippen molar-refractivity contribution in [2.45, 2.75) is 20.8 Å². The fraction of sp³-hybridized carbons (Fsp3) is 0.0261. The molecule has 2 heterocycles. The summed E-state index contributed by atoms with van der Waals surface area (Å²) in [6.07, 6.45) is 0. The van der Waals surface area contributed by atoms with Gasteiger partial charge in [-0.25, -0.2) is 0 Å². The first-order valence-corrected chi connectivity index (χ1v) is 41.1. The van der Waals surface area contributed by atoms with E-state index in [0.29, 0.717) is 0 Å². The molecule has 0 radical (unpaired) electrons. The van der Waals surface area contributed by atoms with Crippen LogP contribution in [0.1, 0.15) is 16.7 Å². The molecule has 2 aromatic heterocycles. The van der Waals surface area contributed by atoms with Gasteiger partial charge in [-0.1, -0.05) is 327 Å². The Hall–Kier alpha value is -15.4. The maximum absolute atomic E-state index is 2.42. The topological polar surface area (TPSA) is 16.3 Å². The quantitative estimate of drug-likeness (QED) is 0.101. The fourth-order valence-electron chi connectivity index (χ4n) is 18.6. The molecule has 0 saturated heterocycles. The molecule has 0 aliphatic carbocycles. The molecule has 22 rings (SSSR count). The zero-order valence-electron chi connectivity index (χ0n) is 66.4. The first-order valence-electron chi connectivity index (χ1n) is 41.1. The minimum Gasteiger partial charge on any atom is -0.310 e. The molecule has 22 aromatic rings. The highest BCUT2D eigenvalue weighted by Crippen LogP contribution is 2.50. The Morgan fingerprint density at radius 1 is 0.176 bits per heavy atom. The molecular weight excluding hydrogens is 1440 g/mol. The van der Waals surface area contributed by atoms with Gasteiger partial charge in [0.1, 0.15) is 0 Å². The Morgan fingerprint density at radius 3 is 1.03 bits per heavy atom. The third-order valence-electron chi connectivity index (χ3n) is 24.0. The van der Waals surface area contributed by atoms with Crippen LogP contribution in [0, 0.1) is 20.8 Å². The number of fused-ring (bicyclic) bond motifs is 10. The van der Waals surface area contributed by atoms with Gasteiger partial charge >= 0.3 is 0 Å². The molecule has 0 bridgehead atoms. The third kappa shape index (κ3) is 12.8. The molecule has 0 atom stereocenters. The minimum atomic E-state index is 1.13. The van der Waals surface area contributed by atoms with E-state index in [-0.39, 0.29) is 0 Å². The molecule has 0 N–H and O–H groups in total. The SMILES string of the molecule is Cc1ccc(N(c2cccc(C)c2)c2ccc3c(c2)c2ccccc2n3-c2ccc(-c3c4ccccc4c(-c4ccccc4-c4ccccc4)c4ccccc34)cc2)cc1.Cc1ccccc1N(c1ccccc1)c1ccc2c(c1)c1ccccc1n2-c1ccc(-c2c3ccccc3c(-c3cccc(-c4ccccc4)c3)c3ccccc23)cc1. The Kier molecular flexibility index (Phi) is 18.3. The lowest BCUT2D eigenvalue weighted by Crippen LogP contribution is -2.11. The van der Waals surface area contributed by atoms with Crippen molar-refractivity contribution in [2.24, 2.45) is 0 Å². The van der Waals surface area contributed by atoms with Crippen LogP contribution in [0.4, 0.5) is 34.1 Å². The lowest BCUT2D eigenvalue weighted by molar-refractivity contribution is 1.18. The van der Waals surface area contributed by atoms with Crippen molar-refractivity contribution in [1.82, 2.24) is 9.13 Å². The van der Waals surface area contributed by atoms with Gasteiger partial charge in [0.05, 0.1) is 22.1 Å². The normalized spacial score (nSPS) is 11.5. The molecule has 0 spiro atoms. The van der Waals surface area contributed by atoms with Crippen molar-refractivity contribution in [3.63, 3.8) is 0 Å². The van der Waals surface area contributed by atoms with Gasteiger partial charge in [-0.15, -0.1) is 0 Å². The monoisotopic (exact) mass is 1520 g/mol. The second kappa shape index (κ2) is 30.4. The number of hydrogen-bond acceptors (Lipinski definition) is 2. The summed E-state index contributed by atoms with van der Waals surface area (Å²) >= 11 is 0. The average Bonchev–Trinajstić information content (AvgIpc) is 1.73. The van der Waals surface area contributed by atoms with E-state index in [9.17, 15) is 0 Å². The standard InChI is InChI=1S/C58H42N2.C57H40N2/c1-39-27-31-43(32-28-39)59(45-18-14-15-40(2)37-45)46-35-36-56-54(38-46)48-20-12-13-26-55(48)60(56)44-33-29-42(30-34-44)57-50-22-8-10-24-52(50)58(53-25-11-9-23-51(53)57)49-21-7-6-19-47(49)41-16-4-3-5-17-41;1-39-17-8-14-29-53(39)58(44-22-6-3-7-23-44)46-35-36-55-52(38-46)47-24-13-15-30-54(47)59(55)45-33-31-41(32-34-45)56-48-25-9-11-27-50(48)57(51-28-12-10-26-49(51)56)43-21-16-20-42(37-43)40-18-4-2-5-19-40/h3-38H,1-2H3;2-38H,1H3. The number of rotatable bonds is 14. The molecule has 562 valence electrons. The molecule has 4 heteroatoms. The summed E-state index contributed by atoms with van der Waals surface area (Å²) in [6, 6.07) is 162. The third-order valence-corrected chi connectivity index (χ3v) is 24.0. The Bertz CT molecular complexity index is 7490. The largest absolute Gasteiger partial charge is 0.310 e.